The van der Waals surface area contributed by atoms with Crippen molar-refractivity contribution >= 4 is 35.5 Å². The van der Waals surface area contributed by atoms with Crippen molar-refractivity contribution in [3.8, 4) is 11.5 Å². The van der Waals surface area contributed by atoms with Gasteiger partial charge in [0.15, 0.2) is 5.60 Å². The predicted octanol–water partition coefficient (Wildman–Crippen LogP) is 1.92. The molecule has 2 rings (SSSR count). The van der Waals surface area contributed by atoms with E-state index in [2.05, 4.69) is 26.6 Å². The van der Waals surface area contributed by atoms with Gasteiger partial charge in [-0.3, -0.25) is 28.8 Å². The van der Waals surface area contributed by atoms with E-state index in [0.717, 1.165) is 11.1 Å². The molecule has 7 N–H and O–H groups in total. The van der Waals surface area contributed by atoms with Crippen molar-refractivity contribution in [1.82, 2.24) is 26.6 Å². The summed E-state index contributed by atoms with van der Waals surface area (Å²) in [6, 6.07) is -4.35. The molecule has 49 heavy (non-hydrogen) atoms. The summed E-state index contributed by atoms with van der Waals surface area (Å²) in [6.07, 6.45) is 1.33. The van der Waals surface area contributed by atoms with E-state index in [-0.39, 0.29) is 11.7 Å². The van der Waals surface area contributed by atoms with Crippen molar-refractivity contribution in [2.24, 2.45) is 17.8 Å². The highest BCUT2D eigenvalue weighted by Gasteiger charge is 2.41. The number of benzene rings is 1. The summed E-state index contributed by atoms with van der Waals surface area (Å²) in [5, 5.41) is 32.7. The Bertz CT molecular complexity index is 1440. The zero-order valence-corrected chi connectivity index (χ0v) is 30.6. The van der Waals surface area contributed by atoms with Gasteiger partial charge in [-0.25, -0.2) is 0 Å². The first-order valence-corrected chi connectivity index (χ1v) is 16.9. The minimum absolute atomic E-state index is 0.207. The van der Waals surface area contributed by atoms with Crippen LogP contribution in [0.1, 0.15) is 90.5 Å². The highest BCUT2D eigenvalue weighted by atomic mass is 16.5. The first-order valence-electron chi connectivity index (χ1n) is 16.9. The Balaban J connectivity index is 2.10. The third-order valence-corrected chi connectivity index (χ3v) is 9.44. The van der Waals surface area contributed by atoms with E-state index in [1.165, 1.54) is 6.92 Å². The molecule has 5 amide bonds. The highest BCUT2D eigenvalue weighted by Crippen LogP contribution is 2.43. The Labute approximate surface area is 288 Å². The fourth-order valence-corrected chi connectivity index (χ4v) is 5.60. The molecule has 0 bridgehead atoms. The van der Waals surface area contributed by atoms with Crippen molar-refractivity contribution in [2.75, 3.05) is 6.54 Å². The average molecular weight is 690 g/mol. The number of carbonyl (C=O) groups excluding carboxylic acids is 5. The van der Waals surface area contributed by atoms with Gasteiger partial charge in [0.25, 0.3) is 5.91 Å². The smallest absolute Gasteiger partial charge is 0.325 e. The van der Waals surface area contributed by atoms with Crippen LogP contribution < -0.4 is 31.3 Å². The van der Waals surface area contributed by atoms with Gasteiger partial charge in [-0.2, -0.15) is 0 Å². The quantitative estimate of drug-likeness (QED) is 0.143. The van der Waals surface area contributed by atoms with Crippen molar-refractivity contribution in [2.45, 2.75) is 125 Å². The number of ether oxygens (including phenoxy) is 1. The van der Waals surface area contributed by atoms with Crippen molar-refractivity contribution in [3.63, 3.8) is 0 Å². The molecule has 274 valence electrons. The van der Waals surface area contributed by atoms with Crippen LogP contribution in [0.5, 0.6) is 11.5 Å². The Kier molecular flexibility index (Phi) is 14.0. The lowest BCUT2D eigenvalue weighted by Crippen LogP contribution is -2.61. The minimum Gasteiger partial charge on any atom is -0.507 e. The third-order valence-electron chi connectivity index (χ3n) is 9.44. The first-order chi connectivity index (χ1) is 22.7. The van der Waals surface area contributed by atoms with Gasteiger partial charge < -0.3 is 41.5 Å². The predicted molar refractivity (Wildman–Crippen MR) is 183 cm³/mol. The van der Waals surface area contributed by atoms with Gasteiger partial charge >= 0.3 is 5.97 Å². The second-order valence-electron chi connectivity index (χ2n) is 14.0. The van der Waals surface area contributed by atoms with E-state index in [0.29, 0.717) is 36.1 Å². The number of rotatable bonds is 15. The van der Waals surface area contributed by atoms with E-state index in [4.69, 9.17) is 4.74 Å². The number of fused-ring (bicyclic) bond motifs is 1. The molecule has 1 unspecified atom stereocenters. The van der Waals surface area contributed by atoms with Crippen LogP contribution in [0.4, 0.5) is 0 Å². The molecule has 14 nitrogen and oxygen atoms in total. The summed E-state index contributed by atoms with van der Waals surface area (Å²) < 4.78 is 6.19. The second-order valence-corrected chi connectivity index (χ2v) is 14.0. The van der Waals surface area contributed by atoms with Crippen LogP contribution in [-0.4, -0.2) is 82.0 Å². The summed E-state index contributed by atoms with van der Waals surface area (Å²) in [5.41, 5.74) is 1.69. The van der Waals surface area contributed by atoms with Crippen LogP contribution in [0.3, 0.4) is 0 Å². The SMILES string of the molecule is CC[C@H](C)[C@H](NC(=O)[C@@H](NC(=O)[C@@H](NC(=O)CNC(=O)C1(C)CCc2c(C)c(O)c(C)c(C)c2O1)C(C)C)C(C)C)C(=O)N[C@@H](C)C(=O)O. The van der Waals surface area contributed by atoms with Crippen molar-refractivity contribution in [3.05, 3.63) is 22.3 Å². The lowest BCUT2D eigenvalue weighted by molar-refractivity contribution is -0.142. The molecule has 0 radical (unpaired) electrons. The van der Waals surface area contributed by atoms with E-state index < -0.39 is 83.7 Å². The number of nitrogens with one attached hydrogen (secondary N) is 5. The number of carboxylic acids is 1. The number of aliphatic carboxylic acids is 1. The standard InChI is InChI=1S/C35H55N5O9/c1-12-18(6)27(32(45)37-22(10)33(46)47)40-31(44)26(17(4)5)39-30(43)25(16(2)3)38-24(41)15-36-34(48)35(11)14-13-23-21(9)28(42)19(7)20(8)29(23)49-35/h16-18,22,25-27,42H,12-15H2,1-11H3,(H,36,48)(H,37,45)(H,38,41)(H,39,43)(H,40,44)(H,46,47)/t18-,22-,25-,26-,27-,35?/m0/s1. The maximum Gasteiger partial charge on any atom is 0.325 e. The molecule has 0 saturated carbocycles. The number of phenolic OH excluding ortho intramolecular Hbond substituents is 1. The second kappa shape index (κ2) is 16.8. The number of carboxylic acid groups (broad SMARTS) is 1. The fraction of sp³-hybridized carbons (Fsp3) is 0.657. The van der Waals surface area contributed by atoms with E-state index >= 15 is 0 Å². The van der Waals surface area contributed by atoms with Crippen LogP contribution in [-0.2, 0) is 35.2 Å². The highest BCUT2D eigenvalue weighted by molar-refractivity contribution is 5.96. The van der Waals surface area contributed by atoms with Crippen LogP contribution in [0.25, 0.3) is 0 Å². The normalized spacial score (nSPS) is 18.6. The number of hydrogen-bond acceptors (Lipinski definition) is 8. The summed E-state index contributed by atoms with van der Waals surface area (Å²) in [6.45, 7) is 18.4. The molecule has 0 spiro atoms. The van der Waals surface area contributed by atoms with E-state index in [9.17, 15) is 39.0 Å². The number of hydrogen-bond donors (Lipinski definition) is 7. The maximum absolute atomic E-state index is 13.5. The third kappa shape index (κ3) is 9.85. The van der Waals surface area contributed by atoms with Gasteiger partial charge in [0, 0.05) is 12.0 Å². The molecular weight excluding hydrogens is 634 g/mol. The van der Waals surface area contributed by atoms with E-state index in [1.54, 1.807) is 48.5 Å². The van der Waals surface area contributed by atoms with Gasteiger partial charge in [0.05, 0.1) is 6.54 Å². The number of amides is 5. The molecule has 0 aliphatic carbocycles. The van der Waals surface area contributed by atoms with Crippen LogP contribution in [0.2, 0.25) is 0 Å². The summed E-state index contributed by atoms with van der Waals surface area (Å²) >= 11 is 0. The Morgan fingerprint density at radius 1 is 0.776 bits per heavy atom. The van der Waals surface area contributed by atoms with Crippen LogP contribution in [0, 0.1) is 38.5 Å². The zero-order chi connectivity index (χ0) is 37.5. The molecule has 1 heterocycles. The number of carbonyl (C=O) groups is 6. The van der Waals surface area contributed by atoms with E-state index in [1.807, 2.05) is 20.8 Å². The molecule has 1 aromatic rings. The maximum atomic E-state index is 13.5. The molecule has 0 fully saturated rings. The lowest BCUT2D eigenvalue weighted by Gasteiger charge is -2.36. The Morgan fingerprint density at radius 2 is 1.29 bits per heavy atom. The number of aromatic hydroxyl groups is 1. The molecule has 1 aliphatic rings. The largest absolute Gasteiger partial charge is 0.507 e. The van der Waals surface area contributed by atoms with Crippen LogP contribution >= 0.6 is 0 Å². The van der Waals surface area contributed by atoms with Gasteiger partial charge in [-0.1, -0.05) is 48.0 Å². The Hall–Kier alpha value is -4.36. The lowest BCUT2D eigenvalue weighted by atomic mass is 9.86. The number of phenols is 1. The molecule has 1 aliphatic heterocycles. The molecule has 6 atom stereocenters. The van der Waals surface area contributed by atoms with Gasteiger partial charge in [-0.15, -0.1) is 0 Å². The first kappa shape index (κ1) is 40.8. The molecule has 0 aromatic heterocycles. The Morgan fingerprint density at radius 3 is 1.80 bits per heavy atom. The summed E-state index contributed by atoms with van der Waals surface area (Å²) in [5.74, 6) is -4.66. The molecular formula is C35H55N5O9. The van der Waals surface area contributed by atoms with Crippen molar-refractivity contribution < 1.29 is 43.7 Å². The minimum atomic E-state index is -1.27. The van der Waals surface area contributed by atoms with Gasteiger partial charge in [-0.05, 0) is 75.5 Å². The van der Waals surface area contributed by atoms with Gasteiger partial charge in [0.2, 0.25) is 23.6 Å². The molecule has 14 heteroatoms. The van der Waals surface area contributed by atoms with Gasteiger partial charge in [0.1, 0.15) is 35.7 Å². The fourth-order valence-electron chi connectivity index (χ4n) is 5.60. The average Bonchev–Trinajstić information content (AvgIpc) is 3.04. The van der Waals surface area contributed by atoms with Crippen LogP contribution in [0.15, 0.2) is 0 Å². The zero-order valence-electron chi connectivity index (χ0n) is 30.6. The monoisotopic (exact) mass is 689 g/mol. The molecule has 0 saturated heterocycles. The summed E-state index contributed by atoms with van der Waals surface area (Å²) in [7, 11) is 0. The van der Waals surface area contributed by atoms with Crippen molar-refractivity contribution in [1.29, 1.82) is 0 Å². The summed E-state index contributed by atoms with van der Waals surface area (Å²) in [4.78, 5) is 77.3. The molecule has 1 aromatic carbocycles. The topological polar surface area (TPSA) is 212 Å².